The third-order valence-electron chi connectivity index (χ3n) is 3.59. The Hall–Kier alpha value is -0.950. The summed E-state index contributed by atoms with van der Waals surface area (Å²) in [5, 5.41) is 0. The quantitative estimate of drug-likeness (QED) is 0.834. The van der Waals surface area contributed by atoms with E-state index in [0.29, 0.717) is 26.2 Å². The Bertz CT molecular complexity index is 537. The predicted octanol–water partition coefficient (Wildman–Crippen LogP) is 1.86. The van der Waals surface area contributed by atoms with Crippen molar-refractivity contribution in [1.82, 2.24) is 8.61 Å². The van der Waals surface area contributed by atoms with Crippen molar-refractivity contribution in [3.63, 3.8) is 0 Å². The smallest absolute Gasteiger partial charge is 0.282 e. The first-order valence-electron chi connectivity index (χ1n) is 7.38. The van der Waals surface area contributed by atoms with E-state index < -0.39 is 10.2 Å². The van der Waals surface area contributed by atoms with Gasteiger partial charge in [0.25, 0.3) is 10.2 Å². The van der Waals surface area contributed by atoms with Gasteiger partial charge in [-0.2, -0.15) is 17.0 Å². The van der Waals surface area contributed by atoms with Crippen LogP contribution in [0.5, 0.6) is 0 Å². The molecule has 118 valence electrons. The molecule has 0 amide bonds. The first kappa shape index (κ1) is 16.4. The second-order valence-corrected chi connectivity index (χ2v) is 7.42. The van der Waals surface area contributed by atoms with Gasteiger partial charge < -0.3 is 4.74 Å². The van der Waals surface area contributed by atoms with Gasteiger partial charge in [-0.25, -0.2) is 0 Å². The molecule has 2 atom stereocenters. The summed E-state index contributed by atoms with van der Waals surface area (Å²) in [6.07, 6.45) is -0.141. The number of morpholine rings is 1. The Kier molecular flexibility index (Phi) is 5.37. The zero-order valence-corrected chi connectivity index (χ0v) is 13.7. The highest BCUT2D eigenvalue weighted by Gasteiger charge is 2.34. The minimum absolute atomic E-state index is 0.0704. The fourth-order valence-corrected chi connectivity index (χ4v) is 4.39. The number of rotatable bonds is 5. The van der Waals surface area contributed by atoms with Crippen LogP contribution in [0.4, 0.5) is 0 Å². The first-order valence-corrected chi connectivity index (χ1v) is 8.77. The van der Waals surface area contributed by atoms with E-state index in [0.717, 1.165) is 5.56 Å². The van der Waals surface area contributed by atoms with E-state index in [1.54, 1.807) is 0 Å². The fraction of sp³-hybridized carbons (Fsp3) is 0.600. The van der Waals surface area contributed by atoms with Gasteiger partial charge in [0, 0.05) is 26.2 Å². The summed E-state index contributed by atoms with van der Waals surface area (Å²) in [5.41, 5.74) is 0.997. The van der Waals surface area contributed by atoms with Crippen LogP contribution in [0, 0.1) is 0 Å². The second kappa shape index (κ2) is 6.87. The summed E-state index contributed by atoms with van der Waals surface area (Å²) in [4.78, 5) is 0. The van der Waals surface area contributed by atoms with Crippen LogP contribution >= 0.6 is 0 Å². The molecule has 5 nitrogen and oxygen atoms in total. The molecule has 0 bridgehead atoms. The van der Waals surface area contributed by atoms with E-state index in [2.05, 4.69) is 0 Å². The zero-order chi connectivity index (χ0) is 15.5. The largest absolute Gasteiger partial charge is 0.373 e. The van der Waals surface area contributed by atoms with Crippen molar-refractivity contribution in [3.05, 3.63) is 35.9 Å². The molecular formula is C15H24N2O3S. The topological polar surface area (TPSA) is 49.9 Å². The molecule has 1 aromatic rings. The van der Waals surface area contributed by atoms with Crippen molar-refractivity contribution in [3.8, 4) is 0 Å². The summed E-state index contributed by atoms with van der Waals surface area (Å²) in [7, 11) is -3.45. The van der Waals surface area contributed by atoms with Crippen molar-refractivity contribution in [2.45, 2.75) is 39.5 Å². The molecule has 1 aliphatic rings. The molecule has 1 heterocycles. The molecule has 0 radical (unpaired) electrons. The van der Waals surface area contributed by atoms with Crippen molar-refractivity contribution < 1.29 is 13.2 Å². The molecule has 0 saturated carbocycles. The summed E-state index contributed by atoms with van der Waals surface area (Å²) in [6.45, 7) is 7.37. The minimum atomic E-state index is -3.45. The van der Waals surface area contributed by atoms with Crippen LogP contribution in [0.15, 0.2) is 30.3 Å². The third-order valence-corrected chi connectivity index (χ3v) is 5.58. The van der Waals surface area contributed by atoms with Crippen LogP contribution in [0.2, 0.25) is 0 Å². The lowest BCUT2D eigenvalue weighted by Crippen LogP contribution is -2.52. The highest BCUT2D eigenvalue weighted by molar-refractivity contribution is 7.86. The number of hydrogen-bond donors (Lipinski definition) is 0. The maximum Gasteiger partial charge on any atom is 0.282 e. The molecule has 1 saturated heterocycles. The zero-order valence-electron chi connectivity index (χ0n) is 12.9. The van der Waals surface area contributed by atoms with Gasteiger partial charge in [0.1, 0.15) is 0 Å². The van der Waals surface area contributed by atoms with Gasteiger partial charge in [-0.3, -0.25) is 0 Å². The maximum atomic E-state index is 12.8. The van der Waals surface area contributed by atoms with Crippen LogP contribution in [0.1, 0.15) is 26.3 Å². The van der Waals surface area contributed by atoms with Gasteiger partial charge in [0.2, 0.25) is 0 Å². The number of nitrogens with zero attached hydrogens (tertiary/aromatic N) is 2. The molecule has 0 aromatic heterocycles. The Morgan fingerprint density at radius 1 is 1.19 bits per heavy atom. The van der Waals surface area contributed by atoms with Crippen molar-refractivity contribution in [1.29, 1.82) is 0 Å². The molecule has 1 fully saturated rings. The van der Waals surface area contributed by atoms with Gasteiger partial charge >= 0.3 is 0 Å². The predicted molar refractivity (Wildman–Crippen MR) is 83.0 cm³/mol. The Morgan fingerprint density at radius 2 is 1.76 bits per heavy atom. The van der Waals surface area contributed by atoms with Gasteiger partial charge in [-0.15, -0.1) is 0 Å². The first-order chi connectivity index (χ1) is 9.93. The molecule has 1 aromatic carbocycles. The molecule has 1 aliphatic heterocycles. The molecule has 0 N–H and O–H groups in total. The molecule has 6 heteroatoms. The normalized spacial score (nSPS) is 24.4. The SMILES string of the molecule is CCN(Cc1ccccc1)S(=O)(=O)N1CC(C)OC(C)C1. The summed E-state index contributed by atoms with van der Waals surface area (Å²) in [5.74, 6) is 0. The van der Waals surface area contributed by atoms with E-state index in [-0.39, 0.29) is 12.2 Å². The Morgan fingerprint density at radius 3 is 2.29 bits per heavy atom. The van der Waals surface area contributed by atoms with Crippen molar-refractivity contribution in [2.24, 2.45) is 0 Å². The van der Waals surface area contributed by atoms with Crippen LogP contribution in [-0.2, 0) is 21.5 Å². The van der Waals surface area contributed by atoms with Crippen LogP contribution in [0.25, 0.3) is 0 Å². The second-order valence-electron chi connectivity index (χ2n) is 5.49. The van der Waals surface area contributed by atoms with E-state index in [1.165, 1.54) is 8.61 Å². The number of hydrogen-bond acceptors (Lipinski definition) is 3. The van der Waals surface area contributed by atoms with Crippen LogP contribution < -0.4 is 0 Å². The average molecular weight is 312 g/mol. The van der Waals surface area contributed by atoms with E-state index >= 15 is 0 Å². The average Bonchev–Trinajstić information content (AvgIpc) is 2.44. The lowest BCUT2D eigenvalue weighted by molar-refractivity contribution is -0.0455. The molecule has 0 spiro atoms. The van der Waals surface area contributed by atoms with Crippen LogP contribution in [0.3, 0.4) is 0 Å². The lowest BCUT2D eigenvalue weighted by Gasteiger charge is -2.37. The molecule has 21 heavy (non-hydrogen) atoms. The van der Waals surface area contributed by atoms with Gasteiger partial charge in [0.15, 0.2) is 0 Å². The number of benzene rings is 1. The van der Waals surface area contributed by atoms with Gasteiger partial charge in [0.05, 0.1) is 12.2 Å². The van der Waals surface area contributed by atoms with Gasteiger partial charge in [-0.1, -0.05) is 37.3 Å². The highest BCUT2D eigenvalue weighted by Crippen LogP contribution is 2.19. The summed E-state index contributed by atoms with van der Waals surface area (Å²) < 4.78 is 34.3. The molecule has 2 unspecified atom stereocenters. The monoisotopic (exact) mass is 312 g/mol. The fourth-order valence-electron chi connectivity index (χ4n) is 2.63. The standard InChI is InChI=1S/C15H24N2O3S/c1-4-16(12-15-8-6-5-7-9-15)21(18,19)17-10-13(2)20-14(3)11-17/h5-9,13-14H,4,10-12H2,1-3H3. The van der Waals surface area contributed by atoms with E-state index in [1.807, 2.05) is 51.1 Å². The highest BCUT2D eigenvalue weighted by atomic mass is 32.2. The Labute approximate surface area is 127 Å². The van der Waals surface area contributed by atoms with Crippen LogP contribution in [-0.4, -0.2) is 48.9 Å². The van der Waals surface area contributed by atoms with Gasteiger partial charge in [-0.05, 0) is 19.4 Å². The Balaban J connectivity index is 2.15. The number of ether oxygens (including phenoxy) is 1. The molecule has 0 aliphatic carbocycles. The third kappa shape index (κ3) is 4.03. The maximum absolute atomic E-state index is 12.8. The minimum Gasteiger partial charge on any atom is -0.373 e. The van der Waals surface area contributed by atoms with Crippen molar-refractivity contribution in [2.75, 3.05) is 19.6 Å². The lowest BCUT2D eigenvalue weighted by atomic mass is 10.2. The molecule has 2 rings (SSSR count). The van der Waals surface area contributed by atoms with E-state index in [9.17, 15) is 8.42 Å². The molecular weight excluding hydrogens is 288 g/mol. The van der Waals surface area contributed by atoms with E-state index in [4.69, 9.17) is 4.74 Å². The van der Waals surface area contributed by atoms with Crippen molar-refractivity contribution >= 4 is 10.2 Å². The summed E-state index contributed by atoms with van der Waals surface area (Å²) >= 11 is 0. The summed E-state index contributed by atoms with van der Waals surface area (Å²) in [6, 6.07) is 9.68.